The van der Waals surface area contributed by atoms with Gasteiger partial charge in [-0.1, -0.05) is 48.5 Å². The van der Waals surface area contributed by atoms with Gasteiger partial charge in [-0.25, -0.2) is 0 Å². The van der Waals surface area contributed by atoms with E-state index in [0.29, 0.717) is 0 Å². The van der Waals surface area contributed by atoms with Crippen LogP contribution in [0.5, 0.6) is 5.75 Å². The summed E-state index contributed by atoms with van der Waals surface area (Å²) in [5.41, 5.74) is 7.89. The summed E-state index contributed by atoms with van der Waals surface area (Å²) in [5.74, 6) is 0.754. The summed E-state index contributed by atoms with van der Waals surface area (Å²) < 4.78 is 5.87. The number of fused-ring (bicyclic) bond motifs is 1. The van der Waals surface area contributed by atoms with Crippen molar-refractivity contribution in [2.24, 2.45) is 5.73 Å². The SMILES string of the molecule is NC1c2ccccc2OC(c2ccccc2)C1O. The summed E-state index contributed by atoms with van der Waals surface area (Å²) in [6.07, 6.45) is -1.14. The third kappa shape index (κ3) is 1.78. The maximum Gasteiger partial charge on any atom is 0.151 e. The fourth-order valence-corrected chi connectivity index (χ4v) is 2.35. The average molecular weight is 241 g/mol. The highest BCUT2D eigenvalue weighted by Gasteiger charge is 2.35. The van der Waals surface area contributed by atoms with Crippen LogP contribution in [0.15, 0.2) is 54.6 Å². The second-order valence-electron chi connectivity index (χ2n) is 4.50. The summed E-state index contributed by atoms with van der Waals surface area (Å²) in [5, 5.41) is 10.3. The van der Waals surface area contributed by atoms with Gasteiger partial charge in [-0.2, -0.15) is 0 Å². The highest BCUT2D eigenvalue weighted by atomic mass is 16.5. The second-order valence-corrected chi connectivity index (χ2v) is 4.50. The van der Waals surface area contributed by atoms with E-state index in [0.717, 1.165) is 16.9 Å². The van der Waals surface area contributed by atoms with Gasteiger partial charge in [0.15, 0.2) is 6.10 Å². The van der Waals surface area contributed by atoms with E-state index in [4.69, 9.17) is 10.5 Å². The lowest BCUT2D eigenvalue weighted by atomic mass is 9.91. The van der Waals surface area contributed by atoms with E-state index in [-0.39, 0.29) is 0 Å². The van der Waals surface area contributed by atoms with Crippen molar-refractivity contribution >= 4 is 0 Å². The molecule has 1 aliphatic heterocycles. The fraction of sp³-hybridized carbons (Fsp3) is 0.200. The maximum absolute atomic E-state index is 10.3. The maximum atomic E-state index is 10.3. The molecule has 0 saturated carbocycles. The minimum atomic E-state index is -0.734. The minimum Gasteiger partial charge on any atom is -0.483 e. The molecule has 0 aliphatic carbocycles. The van der Waals surface area contributed by atoms with Gasteiger partial charge in [0.2, 0.25) is 0 Å². The average Bonchev–Trinajstić information content (AvgIpc) is 2.44. The summed E-state index contributed by atoms with van der Waals surface area (Å²) in [4.78, 5) is 0. The highest BCUT2D eigenvalue weighted by Crippen LogP contribution is 2.39. The first-order valence-electron chi connectivity index (χ1n) is 6.01. The quantitative estimate of drug-likeness (QED) is 0.804. The van der Waals surface area contributed by atoms with E-state index in [9.17, 15) is 5.11 Å². The Morgan fingerprint density at radius 2 is 1.61 bits per heavy atom. The number of ether oxygens (including phenoxy) is 1. The number of aliphatic hydroxyl groups is 1. The topological polar surface area (TPSA) is 55.5 Å². The van der Waals surface area contributed by atoms with Crippen LogP contribution in [-0.2, 0) is 0 Å². The third-order valence-electron chi connectivity index (χ3n) is 3.34. The van der Waals surface area contributed by atoms with Crippen molar-refractivity contribution < 1.29 is 9.84 Å². The molecule has 18 heavy (non-hydrogen) atoms. The van der Waals surface area contributed by atoms with Crippen LogP contribution >= 0.6 is 0 Å². The molecule has 3 rings (SSSR count). The molecule has 3 N–H and O–H groups in total. The number of aliphatic hydroxyl groups excluding tert-OH is 1. The molecular formula is C15H15NO2. The lowest BCUT2D eigenvalue weighted by molar-refractivity contribution is 0.00103. The molecule has 1 aliphatic rings. The molecule has 3 nitrogen and oxygen atoms in total. The van der Waals surface area contributed by atoms with Crippen LogP contribution < -0.4 is 10.5 Å². The Labute approximate surface area is 106 Å². The van der Waals surface area contributed by atoms with Crippen LogP contribution in [0.3, 0.4) is 0 Å². The molecule has 3 atom stereocenters. The number of para-hydroxylation sites is 1. The molecule has 0 aromatic heterocycles. The van der Waals surface area contributed by atoms with Crippen molar-refractivity contribution in [2.45, 2.75) is 18.2 Å². The van der Waals surface area contributed by atoms with Crippen LogP contribution in [0.1, 0.15) is 23.3 Å². The van der Waals surface area contributed by atoms with Gasteiger partial charge in [0.1, 0.15) is 11.9 Å². The fourth-order valence-electron chi connectivity index (χ4n) is 2.35. The zero-order valence-corrected chi connectivity index (χ0v) is 9.86. The Morgan fingerprint density at radius 3 is 2.39 bits per heavy atom. The molecule has 0 spiro atoms. The summed E-state index contributed by atoms with van der Waals surface area (Å²) in [7, 11) is 0. The standard InChI is InChI=1S/C15H15NO2/c16-13-11-8-4-5-9-12(11)18-15(14(13)17)10-6-2-1-3-7-10/h1-9,13-15,17H,16H2. The van der Waals surface area contributed by atoms with Gasteiger partial charge < -0.3 is 15.6 Å². The molecule has 2 aromatic rings. The summed E-state index contributed by atoms with van der Waals surface area (Å²) >= 11 is 0. The Balaban J connectivity index is 2.01. The first-order valence-corrected chi connectivity index (χ1v) is 6.01. The molecule has 0 radical (unpaired) electrons. The van der Waals surface area contributed by atoms with Crippen molar-refractivity contribution in [3.63, 3.8) is 0 Å². The van der Waals surface area contributed by atoms with Crippen LogP contribution in [0, 0.1) is 0 Å². The van der Waals surface area contributed by atoms with Crippen molar-refractivity contribution in [1.29, 1.82) is 0 Å². The Kier molecular flexibility index (Phi) is 2.78. The van der Waals surface area contributed by atoms with E-state index in [1.165, 1.54) is 0 Å². The number of benzene rings is 2. The predicted octanol–water partition coefficient (Wildman–Crippen LogP) is 2.18. The van der Waals surface area contributed by atoms with E-state index >= 15 is 0 Å². The molecule has 1 heterocycles. The van der Waals surface area contributed by atoms with Gasteiger partial charge >= 0.3 is 0 Å². The Morgan fingerprint density at radius 1 is 0.944 bits per heavy atom. The highest BCUT2D eigenvalue weighted by molar-refractivity contribution is 5.40. The Bertz CT molecular complexity index is 541. The van der Waals surface area contributed by atoms with Crippen molar-refractivity contribution in [3.05, 3.63) is 65.7 Å². The van der Waals surface area contributed by atoms with Gasteiger partial charge in [0.05, 0.1) is 6.04 Å². The van der Waals surface area contributed by atoms with E-state index in [1.807, 2.05) is 54.6 Å². The minimum absolute atomic E-state index is 0.406. The second kappa shape index (κ2) is 4.44. The smallest absolute Gasteiger partial charge is 0.151 e. The monoisotopic (exact) mass is 241 g/mol. The van der Waals surface area contributed by atoms with Gasteiger partial charge in [0.25, 0.3) is 0 Å². The number of nitrogens with two attached hydrogens (primary N) is 1. The third-order valence-corrected chi connectivity index (χ3v) is 3.34. The van der Waals surface area contributed by atoms with Crippen LogP contribution in [0.2, 0.25) is 0 Å². The zero-order chi connectivity index (χ0) is 12.5. The molecule has 0 fully saturated rings. The molecular weight excluding hydrogens is 226 g/mol. The predicted molar refractivity (Wildman–Crippen MR) is 69.2 cm³/mol. The summed E-state index contributed by atoms with van der Waals surface area (Å²) in [6, 6.07) is 16.8. The lowest BCUT2D eigenvalue weighted by Crippen LogP contribution is -2.38. The van der Waals surface area contributed by atoms with Gasteiger partial charge in [0, 0.05) is 5.56 Å². The van der Waals surface area contributed by atoms with Gasteiger partial charge in [-0.15, -0.1) is 0 Å². The molecule has 3 heteroatoms. The zero-order valence-electron chi connectivity index (χ0n) is 9.86. The van der Waals surface area contributed by atoms with Crippen molar-refractivity contribution in [3.8, 4) is 5.75 Å². The first-order chi connectivity index (χ1) is 8.77. The number of hydrogen-bond acceptors (Lipinski definition) is 3. The molecule has 3 unspecified atom stereocenters. The molecule has 92 valence electrons. The van der Waals surface area contributed by atoms with E-state index < -0.39 is 18.2 Å². The molecule has 0 amide bonds. The van der Waals surface area contributed by atoms with Crippen LogP contribution in [0.4, 0.5) is 0 Å². The molecule has 0 saturated heterocycles. The molecule has 0 bridgehead atoms. The van der Waals surface area contributed by atoms with Crippen molar-refractivity contribution in [1.82, 2.24) is 0 Å². The van der Waals surface area contributed by atoms with E-state index in [2.05, 4.69) is 0 Å². The van der Waals surface area contributed by atoms with E-state index in [1.54, 1.807) is 0 Å². The number of hydrogen-bond donors (Lipinski definition) is 2. The van der Waals surface area contributed by atoms with Crippen molar-refractivity contribution in [2.75, 3.05) is 0 Å². The van der Waals surface area contributed by atoms with Crippen LogP contribution in [-0.4, -0.2) is 11.2 Å². The Hall–Kier alpha value is -1.84. The number of rotatable bonds is 1. The normalized spacial score (nSPS) is 26.2. The largest absolute Gasteiger partial charge is 0.483 e. The van der Waals surface area contributed by atoms with Gasteiger partial charge in [-0.05, 0) is 11.6 Å². The lowest BCUT2D eigenvalue weighted by Gasteiger charge is -2.35. The first kappa shape index (κ1) is 11.3. The van der Waals surface area contributed by atoms with Gasteiger partial charge in [-0.3, -0.25) is 0 Å². The van der Waals surface area contributed by atoms with Crippen LogP contribution in [0.25, 0.3) is 0 Å². The summed E-state index contributed by atoms with van der Waals surface area (Å²) in [6.45, 7) is 0. The molecule has 2 aromatic carbocycles.